The smallest absolute Gasteiger partial charge is 1.00 e. The first-order chi connectivity index (χ1) is 40.9. The molecule has 29 heteroatoms. The van der Waals surface area contributed by atoms with Crippen molar-refractivity contribution in [3.05, 3.63) is 62.2 Å². The number of carbonyl (C=O) groups is 3. The van der Waals surface area contributed by atoms with Gasteiger partial charge in [0.05, 0.1) is 0 Å². The normalized spacial score (nSPS) is 6.56. The minimum atomic E-state index is -2.91. The molecule has 0 aromatic carbocycles. The molecule has 0 amide bonds. The van der Waals surface area contributed by atoms with Gasteiger partial charge in [-0.3, -0.25) is 4.79 Å². The summed E-state index contributed by atoms with van der Waals surface area (Å²) in [6, 6.07) is 0. The number of aliphatic hydroxyl groups excluding tert-OH is 1. The molecule has 0 rings (SSSR count). The van der Waals surface area contributed by atoms with E-state index in [1.54, 1.807) is 55.6 Å². The van der Waals surface area contributed by atoms with E-state index in [9.17, 15) is 44.6 Å². The second kappa shape index (κ2) is 308. The van der Waals surface area contributed by atoms with Gasteiger partial charge in [0.25, 0.3) is 6.47 Å². The van der Waals surface area contributed by atoms with Gasteiger partial charge in [0.2, 0.25) is 0 Å². The minimum Gasteiger partial charge on any atom is -1.00 e. The molecule has 0 heterocycles. The molecule has 0 aromatic rings. The number of aliphatic hydroxyl groups is 2. The molecule has 0 atom stereocenters. The van der Waals surface area contributed by atoms with Gasteiger partial charge in [-0.2, -0.15) is 32.8 Å². The number of methoxy groups -OCH3 is 1. The van der Waals surface area contributed by atoms with E-state index in [1.165, 1.54) is 71.6 Å². The number of ether oxygens (including phenoxy) is 1. The number of terminal acetylenes is 2. The number of hydrogen-bond donors (Lipinski definition) is 2. The molecule has 99 heavy (non-hydrogen) atoms. The second-order valence-electron chi connectivity index (χ2n) is 14.0. The molecule has 0 fully saturated rings. The summed E-state index contributed by atoms with van der Waals surface area (Å²) in [7, 11) is 1.68. The van der Waals surface area contributed by atoms with E-state index in [1.807, 2.05) is 123 Å². The predicted octanol–water partition coefficient (Wildman–Crippen LogP) is 6.60. The van der Waals surface area contributed by atoms with Gasteiger partial charge < -0.3 is 62.5 Å². The van der Waals surface area contributed by atoms with Crippen molar-refractivity contribution in [2.45, 2.75) is 318 Å². The molecule has 0 aliphatic carbocycles. The van der Waals surface area contributed by atoms with Crippen molar-refractivity contribution in [2.24, 2.45) is 0 Å². The van der Waals surface area contributed by atoms with Crippen molar-refractivity contribution in [1.82, 2.24) is 0 Å². The fraction of sp³-hybridized carbons (Fsp3) is 0.729. The van der Waals surface area contributed by atoms with Crippen LogP contribution in [-0.2, 0) is 44.4 Å². The van der Waals surface area contributed by atoms with Crippen molar-refractivity contribution in [3.8, 4) is 36.5 Å². The number of aldehydes is 2. The van der Waals surface area contributed by atoms with E-state index >= 15 is 0 Å². The molecule has 0 aliphatic rings. The Morgan fingerprint density at radius 3 is 0.697 bits per heavy atom. The summed E-state index contributed by atoms with van der Waals surface area (Å²) in [5.74, 6) is 6.88. The molecule has 0 unspecified atom stereocenters. The molecule has 0 aromatic heterocycles. The van der Waals surface area contributed by atoms with Crippen LogP contribution in [0.5, 0.6) is 0 Å². The van der Waals surface area contributed by atoms with Gasteiger partial charge in [-0.1, -0.05) is 237 Å². The predicted molar refractivity (Wildman–Crippen MR) is 402 cm³/mol. The molecule has 3 radical (unpaired) electrons. The molecule has 0 spiro atoms. The van der Waals surface area contributed by atoms with Gasteiger partial charge in [-0.05, 0) is 96.9 Å². The molecule has 3 N–H and O–H groups in total. The Morgan fingerprint density at radius 1 is 0.576 bits per heavy atom. The monoisotopic (exact) mass is 1770 g/mol. The number of allylic oxidation sites excluding steroid dienone is 5. The van der Waals surface area contributed by atoms with Gasteiger partial charge in [0.15, 0.2) is 5.83 Å². The third kappa shape index (κ3) is 1180. The fourth-order valence-electron chi connectivity index (χ4n) is 0.707. The Morgan fingerprint density at radius 2 is 0.697 bits per heavy atom. The zero-order chi connectivity index (χ0) is 77.4. The van der Waals surface area contributed by atoms with Crippen LogP contribution in [0.15, 0.2) is 47.9 Å². The summed E-state index contributed by atoms with van der Waals surface area (Å²) in [5.41, 5.74) is -1.68. The summed E-state index contributed by atoms with van der Waals surface area (Å²) < 4.78 is 101. The number of alkyl halides is 1. The molecule has 0 bridgehead atoms. The summed E-state index contributed by atoms with van der Waals surface area (Å²) >= 11 is 3.15. The summed E-state index contributed by atoms with van der Waals surface area (Å²) in [4.78, 5) is 28.9. The first-order valence-electron chi connectivity index (χ1n) is 30.1. The molecule has 10 nitrogen and oxygen atoms in total. The van der Waals surface area contributed by atoms with E-state index in [4.69, 9.17) is 36.3 Å². The van der Waals surface area contributed by atoms with E-state index in [2.05, 4.69) is 111 Å². The van der Waals surface area contributed by atoms with Gasteiger partial charge in [-0.25, -0.2) is 13.2 Å². The zero-order valence-electron chi connectivity index (χ0n) is 74.2. The molecular weight excluding hydrogens is 1620 g/mol. The van der Waals surface area contributed by atoms with Crippen molar-refractivity contribution in [2.75, 3.05) is 25.7 Å². The first-order valence-corrected chi connectivity index (χ1v) is 31.2. The minimum absolute atomic E-state index is 0. The van der Waals surface area contributed by atoms with Crippen LogP contribution in [0, 0.1) is 50.9 Å². The Hall–Kier alpha value is 4.77. The maximum absolute atomic E-state index is 11.3. The average Bonchev–Trinajstić information content (AvgIpc) is 3.49. The third-order valence-corrected chi connectivity index (χ3v) is 4.41. The maximum atomic E-state index is 11.3. The van der Waals surface area contributed by atoms with Crippen LogP contribution in [-0.4, -0.2) is 80.0 Å². The van der Waals surface area contributed by atoms with Crippen molar-refractivity contribution in [1.29, 1.82) is 0 Å². The summed E-state index contributed by atoms with van der Waals surface area (Å²) in [6.45, 7) is 68.6. The summed E-state index contributed by atoms with van der Waals surface area (Å²) in [5, 5.41) is 35.8. The number of halogens is 11. The Balaban J connectivity index is -0.0000000129. The van der Waals surface area contributed by atoms with Crippen molar-refractivity contribution >= 4 is 60.4 Å². The Kier molecular flexibility index (Phi) is 701. The van der Waals surface area contributed by atoms with Crippen LogP contribution in [0.3, 0.4) is 0 Å². The maximum Gasteiger partial charge on any atom is 1.00 e. The van der Waals surface area contributed by atoms with Crippen LogP contribution in [0.1, 0.15) is 309 Å². The van der Waals surface area contributed by atoms with Gasteiger partial charge in [0.1, 0.15) is 29.8 Å². The number of hydrogen-bond acceptors (Lipinski definition) is 10. The SMILES string of the molecule is Br.C#CC.C#CC(C)(C)O.C/C(F)=C(/C)F.CC.CC.CC.CC.CC.CC#CC.CC(C)(C)[O-].CC(F)=C(F)F.CC=CC.CC=O.CC=O.CCBr.CCCC.CCCCC.CCCCC.CCO.CCOC.FC(F)=C(F)F.O=CO[O-].[B].[CH2-]CCC.[CH3-].[H-].[H-].[K+].[K+].[K+].[Li+].[Na+].[Na+].[OH-].[Pd]. The van der Waals surface area contributed by atoms with Gasteiger partial charge >= 0.3 is 250 Å². The van der Waals surface area contributed by atoms with Crippen molar-refractivity contribution in [3.63, 3.8) is 0 Å². The van der Waals surface area contributed by atoms with Crippen LogP contribution in [0.4, 0.5) is 39.5 Å². The van der Waals surface area contributed by atoms with E-state index in [0.29, 0.717) is 6.92 Å². The Bertz CT molecular complexity index is 1180. The van der Waals surface area contributed by atoms with E-state index in [0.717, 1.165) is 44.8 Å². The molecule has 589 valence electrons. The standard InChI is InChI=1S/C5H8O.2C5H12.C4H6F2.C4H9O.C4H10.C4H9.C4H8.C4H6.C3H3F3.C3H8O.C3H4.C2H5Br.C2F4.C2H6O.2C2H4O.5C2H6.CH2O3.CH3.B.BrH.3K.Li.2Na.H2O.Pd.2H/c1-4-5(2,3)6;2*1-3-5-4-2;1-3(5)4(2)6;1-4(2,3)5;4*1-3-4-2;1-2(4)3(5)6;1-3-4-2;1-3-2;1-2-3;3-1(4)2(5)6;3*1-2-3;5*1-2;2-1-4-3;;;;;;;;;;;;;/h1,6H,2-3H3;2*3-5H2,1-2H3;1-2H3;1-3H3;3-4H2,1-2H3;1,3-4H2,2H3;3-4H,1-2H3;1-2H3;1H3;3H2,1-2H3;1H,2H3;2H2,1H3;;3H,2H2,1H3;2*2H,1H3;5*1-2H3;1,3H;1H3;;1H;;;;;;;1H2;;;/q;;;;-1;;-1;;;;;;;;;;;;;;;;;-1;;;6*+1;;;2*-1/p-2/b;;;4-3+;;;;;;;;;;;;;;;;;;;;;;;;;;;;;;;;. The van der Waals surface area contributed by atoms with Crippen LogP contribution in [0.2, 0.25) is 0 Å². The average molecular weight is 1770 g/mol. The molecule has 0 saturated heterocycles. The van der Waals surface area contributed by atoms with Crippen LogP contribution >= 0.6 is 32.9 Å². The molecule has 0 aliphatic heterocycles. The molecular formula is C70H152BBr2F9K3LiNa2O10Pd-. The number of unbranched alkanes of at least 4 members (excludes halogenated alkanes) is 6. The quantitative estimate of drug-likeness (QED) is 0.0309. The number of rotatable bonds is 8. The van der Waals surface area contributed by atoms with E-state index in [-0.39, 0.29) is 307 Å². The van der Waals surface area contributed by atoms with Crippen molar-refractivity contribution < 1.29 is 345 Å². The van der Waals surface area contributed by atoms with Gasteiger partial charge in [0, 0.05) is 54.5 Å². The summed E-state index contributed by atoms with van der Waals surface area (Å²) in [6.07, 6.45) is 19.9. The zero-order valence-corrected chi connectivity index (χ0v) is 90.4. The number of carbonyl (C=O) groups excluding carboxylic acids is 3. The Labute approximate surface area is 833 Å². The fourth-order valence-corrected chi connectivity index (χ4v) is 0.707. The van der Waals surface area contributed by atoms with Crippen LogP contribution in [0.25, 0.3) is 0 Å². The topological polar surface area (TPSA) is 186 Å². The first kappa shape index (κ1) is 225. The van der Waals surface area contributed by atoms with Crippen LogP contribution < -0.4 is 242 Å². The third-order valence-electron chi connectivity index (χ3n) is 4.41. The largest absolute Gasteiger partial charge is 1.00 e. The second-order valence-corrected chi connectivity index (χ2v) is 15.2. The molecule has 0 saturated carbocycles. The van der Waals surface area contributed by atoms with Gasteiger partial charge in [-0.15, -0.1) is 53.2 Å². The van der Waals surface area contributed by atoms with E-state index < -0.39 is 46.9 Å².